The van der Waals surface area contributed by atoms with Gasteiger partial charge in [0.1, 0.15) is 0 Å². The highest BCUT2D eigenvalue weighted by Crippen LogP contribution is 2.31. The van der Waals surface area contributed by atoms with Crippen molar-refractivity contribution < 1.29 is 13.9 Å². The van der Waals surface area contributed by atoms with E-state index in [2.05, 4.69) is 5.10 Å². The molecule has 1 saturated heterocycles. The van der Waals surface area contributed by atoms with E-state index < -0.39 is 0 Å². The number of aryl methyl sites for hydroxylation is 1. The molecule has 102 valence electrons. The van der Waals surface area contributed by atoms with Gasteiger partial charge in [0.05, 0.1) is 18.3 Å². The lowest BCUT2D eigenvalue weighted by atomic mass is 10.1. The Bertz CT molecular complexity index is 603. The number of hydrogen-bond donors (Lipinski definition) is 0. The number of benzene rings is 1. The molecule has 0 bridgehead atoms. The lowest BCUT2D eigenvalue weighted by Gasteiger charge is -2.23. The SMILES string of the molecule is COc1cc2c(C)nn(C3CCCCO3)c2cc1F. The van der Waals surface area contributed by atoms with E-state index in [4.69, 9.17) is 9.47 Å². The first-order valence-corrected chi connectivity index (χ1v) is 6.54. The molecule has 5 heteroatoms. The summed E-state index contributed by atoms with van der Waals surface area (Å²) in [4.78, 5) is 0. The minimum atomic E-state index is -0.369. The van der Waals surface area contributed by atoms with Crippen LogP contribution in [0.4, 0.5) is 4.39 Å². The van der Waals surface area contributed by atoms with Gasteiger partial charge in [-0.2, -0.15) is 5.10 Å². The van der Waals surface area contributed by atoms with Crippen LogP contribution >= 0.6 is 0 Å². The van der Waals surface area contributed by atoms with Crippen LogP contribution in [-0.4, -0.2) is 23.5 Å². The van der Waals surface area contributed by atoms with Gasteiger partial charge in [-0.15, -0.1) is 0 Å². The van der Waals surface area contributed by atoms with E-state index in [9.17, 15) is 4.39 Å². The van der Waals surface area contributed by atoms with Gasteiger partial charge in [0.25, 0.3) is 0 Å². The number of hydrogen-bond acceptors (Lipinski definition) is 3. The first-order chi connectivity index (χ1) is 9.20. The molecule has 0 radical (unpaired) electrons. The molecule has 2 heterocycles. The Hall–Kier alpha value is -1.62. The molecule has 3 rings (SSSR count). The number of halogens is 1. The Labute approximate surface area is 111 Å². The fourth-order valence-corrected chi connectivity index (χ4v) is 2.58. The van der Waals surface area contributed by atoms with Crippen LogP contribution in [0, 0.1) is 12.7 Å². The van der Waals surface area contributed by atoms with E-state index >= 15 is 0 Å². The summed E-state index contributed by atoms with van der Waals surface area (Å²) < 4.78 is 26.4. The number of methoxy groups -OCH3 is 1. The average molecular weight is 264 g/mol. The molecule has 1 unspecified atom stereocenters. The molecule has 1 aliphatic rings. The largest absolute Gasteiger partial charge is 0.494 e. The van der Waals surface area contributed by atoms with Gasteiger partial charge in [0.2, 0.25) is 0 Å². The molecule has 1 aromatic carbocycles. The predicted octanol–water partition coefficient (Wildman–Crippen LogP) is 3.19. The number of rotatable bonds is 2. The van der Waals surface area contributed by atoms with Gasteiger partial charge in [-0.25, -0.2) is 9.07 Å². The summed E-state index contributed by atoms with van der Waals surface area (Å²) in [5.41, 5.74) is 1.63. The van der Waals surface area contributed by atoms with E-state index in [0.717, 1.165) is 42.5 Å². The van der Waals surface area contributed by atoms with Gasteiger partial charge in [-0.3, -0.25) is 0 Å². The monoisotopic (exact) mass is 264 g/mol. The summed E-state index contributed by atoms with van der Waals surface area (Å²) in [6.07, 6.45) is 3.03. The van der Waals surface area contributed by atoms with Gasteiger partial charge in [-0.1, -0.05) is 0 Å². The molecule has 1 atom stereocenters. The molecule has 0 amide bonds. The van der Waals surface area contributed by atoms with Gasteiger partial charge in [0.15, 0.2) is 17.8 Å². The summed E-state index contributed by atoms with van der Waals surface area (Å²) >= 11 is 0. The maximum Gasteiger partial charge on any atom is 0.167 e. The highest BCUT2D eigenvalue weighted by Gasteiger charge is 2.21. The molecule has 1 fully saturated rings. The van der Waals surface area contributed by atoms with Crippen LogP contribution in [0.15, 0.2) is 12.1 Å². The third kappa shape index (κ3) is 2.08. The summed E-state index contributed by atoms with van der Waals surface area (Å²) in [7, 11) is 1.47. The third-order valence-electron chi connectivity index (χ3n) is 3.59. The lowest BCUT2D eigenvalue weighted by molar-refractivity contribution is -0.0368. The van der Waals surface area contributed by atoms with Crippen molar-refractivity contribution in [2.45, 2.75) is 32.4 Å². The second-order valence-electron chi connectivity index (χ2n) is 4.86. The predicted molar refractivity (Wildman–Crippen MR) is 69.8 cm³/mol. The second-order valence-corrected chi connectivity index (χ2v) is 4.86. The Morgan fingerprint density at radius 1 is 1.42 bits per heavy atom. The Morgan fingerprint density at radius 3 is 2.95 bits per heavy atom. The molecule has 4 nitrogen and oxygen atoms in total. The zero-order valence-corrected chi connectivity index (χ0v) is 11.1. The van der Waals surface area contributed by atoms with E-state index in [1.807, 2.05) is 6.92 Å². The summed E-state index contributed by atoms with van der Waals surface area (Å²) in [6, 6.07) is 3.18. The molecule has 19 heavy (non-hydrogen) atoms. The first kappa shape index (κ1) is 12.4. The minimum Gasteiger partial charge on any atom is -0.494 e. The summed E-state index contributed by atoms with van der Waals surface area (Å²) in [5.74, 6) is -0.119. The minimum absolute atomic E-state index is 0.0854. The van der Waals surface area contributed by atoms with Gasteiger partial charge < -0.3 is 9.47 Å². The molecular weight excluding hydrogens is 247 g/mol. The Morgan fingerprint density at radius 2 is 2.26 bits per heavy atom. The highest BCUT2D eigenvalue weighted by molar-refractivity contribution is 5.83. The average Bonchev–Trinajstić information content (AvgIpc) is 2.75. The second kappa shape index (κ2) is 4.81. The van der Waals surface area contributed by atoms with E-state index in [1.165, 1.54) is 13.2 Å². The molecule has 0 spiro atoms. The standard InChI is InChI=1S/C14H17FN2O2/c1-9-10-7-13(18-2)11(15)8-12(10)17(16-9)14-5-3-4-6-19-14/h7-8,14H,3-6H2,1-2H3. The molecule has 1 aromatic heterocycles. The van der Waals surface area contributed by atoms with Crippen molar-refractivity contribution in [3.05, 3.63) is 23.6 Å². The summed E-state index contributed by atoms with van der Waals surface area (Å²) in [6.45, 7) is 2.66. The van der Waals surface area contributed by atoms with Crippen molar-refractivity contribution in [1.29, 1.82) is 0 Å². The number of fused-ring (bicyclic) bond motifs is 1. The fourth-order valence-electron chi connectivity index (χ4n) is 2.58. The van der Waals surface area contributed by atoms with Gasteiger partial charge >= 0.3 is 0 Å². The van der Waals surface area contributed by atoms with Crippen molar-refractivity contribution in [1.82, 2.24) is 9.78 Å². The van der Waals surface area contributed by atoms with E-state index in [-0.39, 0.29) is 17.8 Å². The molecular formula is C14H17FN2O2. The zero-order chi connectivity index (χ0) is 13.4. The van der Waals surface area contributed by atoms with Gasteiger partial charge in [-0.05, 0) is 32.3 Å². The van der Waals surface area contributed by atoms with Crippen molar-refractivity contribution in [3.8, 4) is 5.75 Å². The van der Waals surface area contributed by atoms with Crippen molar-refractivity contribution in [2.24, 2.45) is 0 Å². The van der Waals surface area contributed by atoms with E-state index in [1.54, 1.807) is 10.7 Å². The van der Waals surface area contributed by atoms with Crippen LogP contribution in [0.3, 0.4) is 0 Å². The van der Waals surface area contributed by atoms with Crippen molar-refractivity contribution >= 4 is 10.9 Å². The smallest absolute Gasteiger partial charge is 0.167 e. The highest BCUT2D eigenvalue weighted by atomic mass is 19.1. The zero-order valence-electron chi connectivity index (χ0n) is 11.1. The van der Waals surface area contributed by atoms with E-state index in [0.29, 0.717) is 0 Å². The maximum atomic E-state index is 13.9. The van der Waals surface area contributed by atoms with Crippen molar-refractivity contribution in [3.63, 3.8) is 0 Å². The quantitative estimate of drug-likeness (QED) is 0.835. The van der Waals surface area contributed by atoms with Crippen LogP contribution in [0.2, 0.25) is 0 Å². The van der Waals surface area contributed by atoms with Crippen LogP contribution < -0.4 is 4.74 Å². The normalized spacial score (nSPS) is 19.8. The molecule has 2 aromatic rings. The van der Waals surface area contributed by atoms with Crippen molar-refractivity contribution in [2.75, 3.05) is 13.7 Å². The first-order valence-electron chi connectivity index (χ1n) is 6.54. The van der Waals surface area contributed by atoms with Crippen LogP contribution in [-0.2, 0) is 4.74 Å². The molecule has 0 aliphatic carbocycles. The maximum absolute atomic E-state index is 13.9. The van der Waals surface area contributed by atoms with Gasteiger partial charge in [0, 0.05) is 18.1 Å². The Balaban J connectivity index is 2.12. The molecule has 1 aliphatic heterocycles. The van der Waals surface area contributed by atoms with Crippen LogP contribution in [0.5, 0.6) is 5.75 Å². The lowest BCUT2D eigenvalue weighted by Crippen LogP contribution is -2.19. The topological polar surface area (TPSA) is 36.3 Å². The summed E-state index contributed by atoms with van der Waals surface area (Å²) in [5, 5.41) is 5.41. The number of aromatic nitrogens is 2. The molecule has 0 saturated carbocycles. The molecule has 0 N–H and O–H groups in total. The number of nitrogens with zero attached hydrogens (tertiary/aromatic N) is 2. The fraction of sp³-hybridized carbons (Fsp3) is 0.500. The van der Waals surface area contributed by atoms with Crippen LogP contribution in [0.1, 0.15) is 31.2 Å². The third-order valence-corrected chi connectivity index (χ3v) is 3.59. The number of ether oxygens (including phenoxy) is 2. The van der Waals surface area contributed by atoms with Crippen LogP contribution in [0.25, 0.3) is 10.9 Å². The Kier molecular flexibility index (Phi) is 3.14.